The van der Waals surface area contributed by atoms with E-state index in [-0.39, 0.29) is 5.56 Å². The third kappa shape index (κ3) is 1.22. The molecule has 3 rings (SSSR count). The minimum atomic E-state index is -0.133. The Labute approximate surface area is 95.9 Å². The van der Waals surface area contributed by atoms with E-state index in [1.807, 2.05) is 6.07 Å². The number of pyridine rings is 1. The van der Waals surface area contributed by atoms with Crippen LogP contribution in [0.4, 0.5) is 0 Å². The molecule has 0 radical (unpaired) electrons. The minimum absolute atomic E-state index is 0.133. The maximum Gasteiger partial charge on any atom is 0.267 e. The Morgan fingerprint density at radius 3 is 2.88 bits per heavy atom. The summed E-state index contributed by atoms with van der Waals surface area (Å²) in [5.41, 5.74) is 1.12. The largest absolute Gasteiger partial charge is 0.268 e. The van der Waals surface area contributed by atoms with Gasteiger partial charge in [0.15, 0.2) is 0 Å². The summed E-state index contributed by atoms with van der Waals surface area (Å²) in [5, 5.41) is 0.904. The van der Waals surface area contributed by atoms with Gasteiger partial charge in [-0.3, -0.25) is 9.20 Å². The first kappa shape index (κ1) is 9.36. The van der Waals surface area contributed by atoms with Gasteiger partial charge in [0.25, 0.3) is 5.56 Å². The van der Waals surface area contributed by atoms with Gasteiger partial charge in [0.1, 0.15) is 5.65 Å². The van der Waals surface area contributed by atoms with Crippen molar-refractivity contribution in [2.75, 3.05) is 0 Å². The molecule has 3 nitrogen and oxygen atoms in total. The Balaban J connectivity index is 2.67. The van der Waals surface area contributed by atoms with E-state index in [1.165, 1.54) is 4.40 Å². The molecule has 0 atom stereocenters. The predicted octanol–water partition coefficient (Wildman–Crippen LogP) is 2.50. The van der Waals surface area contributed by atoms with E-state index < -0.39 is 0 Å². The molecular formula is C12H7ClN2O. The summed E-state index contributed by atoms with van der Waals surface area (Å²) in [6, 6.07) is 10.7. The number of aromatic nitrogens is 2. The van der Waals surface area contributed by atoms with Crippen molar-refractivity contribution in [3.8, 4) is 0 Å². The smallest absolute Gasteiger partial charge is 0.267 e. The highest BCUT2D eigenvalue weighted by molar-refractivity contribution is 6.35. The Bertz CT molecular complexity index is 749. The molecule has 0 unspecified atom stereocenters. The quantitative estimate of drug-likeness (QED) is 0.556. The predicted molar refractivity (Wildman–Crippen MR) is 64.0 cm³/mol. The summed E-state index contributed by atoms with van der Waals surface area (Å²) in [4.78, 5) is 16.5. The Hall–Kier alpha value is -1.87. The number of nitrogens with zero attached hydrogens (tertiary/aromatic N) is 2. The van der Waals surface area contributed by atoms with Crippen LogP contribution >= 0.6 is 11.6 Å². The standard InChI is InChI=1S/C12H7ClN2O/c13-8-4-3-5-9-11(8)12(16)15-7-2-1-6-10(15)14-9/h1-7H. The second-order valence-electron chi connectivity index (χ2n) is 3.48. The van der Waals surface area contributed by atoms with Crippen LogP contribution in [-0.4, -0.2) is 9.38 Å². The number of fused-ring (bicyclic) bond motifs is 2. The van der Waals surface area contributed by atoms with Crippen molar-refractivity contribution in [1.29, 1.82) is 0 Å². The summed E-state index contributed by atoms with van der Waals surface area (Å²) in [6.45, 7) is 0. The molecule has 2 heterocycles. The first-order valence-electron chi connectivity index (χ1n) is 4.83. The lowest BCUT2D eigenvalue weighted by Gasteiger charge is -2.03. The second-order valence-corrected chi connectivity index (χ2v) is 3.89. The number of rotatable bonds is 0. The fourth-order valence-corrected chi connectivity index (χ4v) is 2.01. The highest BCUT2D eigenvalue weighted by Gasteiger charge is 2.07. The van der Waals surface area contributed by atoms with Crippen molar-refractivity contribution in [2.45, 2.75) is 0 Å². The van der Waals surface area contributed by atoms with E-state index in [2.05, 4.69) is 4.98 Å². The molecule has 0 saturated heterocycles. The summed E-state index contributed by atoms with van der Waals surface area (Å²) in [5.74, 6) is 0. The minimum Gasteiger partial charge on any atom is -0.268 e. The van der Waals surface area contributed by atoms with E-state index in [9.17, 15) is 4.79 Å². The van der Waals surface area contributed by atoms with E-state index >= 15 is 0 Å². The molecule has 0 bridgehead atoms. The van der Waals surface area contributed by atoms with Crippen LogP contribution in [-0.2, 0) is 0 Å². The number of hydrogen-bond donors (Lipinski definition) is 0. The van der Waals surface area contributed by atoms with Gasteiger partial charge in [0, 0.05) is 6.20 Å². The lowest BCUT2D eigenvalue weighted by Crippen LogP contribution is -2.14. The first-order valence-corrected chi connectivity index (χ1v) is 5.21. The van der Waals surface area contributed by atoms with Crippen LogP contribution in [0, 0.1) is 0 Å². The van der Waals surface area contributed by atoms with Gasteiger partial charge in [0.05, 0.1) is 15.9 Å². The molecule has 0 saturated carbocycles. The molecule has 4 heteroatoms. The monoisotopic (exact) mass is 230 g/mol. The number of benzene rings is 1. The van der Waals surface area contributed by atoms with Crippen molar-refractivity contribution >= 4 is 28.2 Å². The Morgan fingerprint density at radius 1 is 1.12 bits per heavy atom. The maximum absolute atomic E-state index is 12.1. The van der Waals surface area contributed by atoms with Crippen molar-refractivity contribution < 1.29 is 0 Å². The molecule has 0 aliphatic rings. The van der Waals surface area contributed by atoms with Crippen molar-refractivity contribution in [2.24, 2.45) is 0 Å². The van der Waals surface area contributed by atoms with Crippen molar-refractivity contribution in [3.05, 3.63) is 58.0 Å². The Morgan fingerprint density at radius 2 is 2.00 bits per heavy atom. The lowest BCUT2D eigenvalue weighted by atomic mass is 10.2. The molecule has 78 valence electrons. The summed E-state index contributed by atoms with van der Waals surface area (Å²) < 4.78 is 1.49. The molecule has 16 heavy (non-hydrogen) atoms. The average Bonchev–Trinajstić information content (AvgIpc) is 2.29. The zero-order valence-electron chi connectivity index (χ0n) is 8.22. The van der Waals surface area contributed by atoms with E-state index in [0.717, 1.165) is 0 Å². The van der Waals surface area contributed by atoms with Gasteiger partial charge in [-0.25, -0.2) is 4.98 Å². The first-order chi connectivity index (χ1) is 7.77. The third-order valence-electron chi connectivity index (χ3n) is 2.50. The zero-order chi connectivity index (χ0) is 11.1. The second kappa shape index (κ2) is 3.32. The van der Waals surface area contributed by atoms with Gasteiger partial charge in [-0.15, -0.1) is 0 Å². The van der Waals surface area contributed by atoms with E-state index in [4.69, 9.17) is 11.6 Å². The van der Waals surface area contributed by atoms with Crippen LogP contribution in [0.2, 0.25) is 5.02 Å². The highest BCUT2D eigenvalue weighted by Crippen LogP contribution is 2.18. The summed E-state index contributed by atoms with van der Waals surface area (Å²) in [7, 11) is 0. The van der Waals surface area contributed by atoms with Gasteiger partial charge in [-0.05, 0) is 24.3 Å². The van der Waals surface area contributed by atoms with Crippen LogP contribution in [0.1, 0.15) is 0 Å². The molecule has 0 aliphatic heterocycles. The van der Waals surface area contributed by atoms with Gasteiger partial charge >= 0.3 is 0 Å². The molecule has 3 aromatic rings. The molecule has 0 amide bonds. The van der Waals surface area contributed by atoms with Gasteiger partial charge < -0.3 is 0 Å². The number of hydrogen-bond acceptors (Lipinski definition) is 2. The molecule has 1 aromatic carbocycles. The molecular weight excluding hydrogens is 224 g/mol. The highest BCUT2D eigenvalue weighted by atomic mass is 35.5. The molecule has 0 aliphatic carbocycles. The molecule has 2 aromatic heterocycles. The van der Waals surface area contributed by atoms with Crippen LogP contribution < -0.4 is 5.56 Å². The lowest BCUT2D eigenvalue weighted by molar-refractivity contribution is 1.08. The molecule has 0 fully saturated rings. The van der Waals surface area contributed by atoms with E-state index in [1.54, 1.807) is 36.5 Å². The Kier molecular flexibility index (Phi) is 1.94. The summed E-state index contributed by atoms with van der Waals surface area (Å²) in [6.07, 6.45) is 1.69. The fraction of sp³-hybridized carbons (Fsp3) is 0. The van der Waals surface area contributed by atoms with Crippen molar-refractivity contribution in [3.63, 3.8) is 0 Å². The van der Waals surface area contributed by atoms with Crippen molar-refractivity contribution in [1.82, 2.24) is 9.38 Å². The van der Waals surface area contributed by atoms with Crippen LogP contribution in [0.3, 0.4) is 0 Å². The van der Waals surface area contributed by atoms with Gasteiger partial charge in [-0.2, -0.15) is 0 Å². The fourth-order valence-electron chi connectivity index (χ4n) is 1.76. The van der Waals surface area contributed by atoms with Crippen LogP contribution in [0.15, 0.2) is 47.4 Å². The van der Waals surface area contributed by atoms with Gasteiger partial charge in [0.2, 0.25) is 0 Å². The average molecular weight is 231 g/mol. The zero-order valence-corrected chi connectivity index (χ0v) is 8.98. The normalized spacial score (nSPS) is 11.1. The SMILES string of the molecule is O=c1c2c(Cl)cccc2nc2ccccn12. The van der Waals surface area contributed by atoms with Crippen LogP contribution in [0.25, 0.3) is 16.6 Å². The molecule has 0 spiro atoms. The topological polar surface area (TPSA) is 34.4 Å². The molecule has 0 N–H and O–H groups in total. The van der Waals surface area contributed by atoms with E-state index in [0.29, 0.717) is 21.6 Å². The maximum atomic E-state index is 12.1. The van der Waals surface area contributed by atoms with Gasteiger partial charge in [-0.1, -0.05) is 23.7 Å². The third-order valence-corrected chi connectivity index (χ3v) is 2.81. The number of halogens is 1. The van der Waals surface area contributed by atoms with Crippen LogP contribution in [0.5, 0.6) is 0 Å². The summed E-state index contributed by atoms with van der Waals surface area (Å²) >= 11 is 6.01.